The normalized spacial score (nSPS) is 12.1. The first kappa shape index (κ1) is 53.1. The van der Waals surface area contributed by atoms with Gasteiger partial charge in [-0.3, -0.25) is 4.79 Å². The number of alkyl carbamates (subject to hydrolysis) is 1. The summed E-state index contributed by atoms with van der Waals surface area (Å²) >= 11 is 0. The molecular formula is C46H73NO15. The number of hydrogen-bond donors (Lipinski definition) is 1. The highest BCUT2D eigenvalue weighted by Gasteiger charge is 2.29. The van der Waals surface area contributed by atoms with Gasteiger partial charge in [0.15, 0.2) is 0 Å². The molecule has 0 heterocycles. The molecule has 1 N–H and O–H groups in total. The molecular weight excluding hydrogens is 806 g/mol. The average molecular weight is 880 g/mol. The fraction of sp³-hybridized carbons (Fsp3) is 0.696. The van der Waals surface area contributed by atoms with Crippen molar-refractivity contribution in [3.63, 3.8) is 0 Å². The topological polar surface area (TPSA) is 166 Å². The minimum atomic E-state index is -0.456. The van der Waals surface area contributed by atoms with E-state index in [1.54, 1.807) is 0 Å². The molecule has 2 aromatic rings. The van der Waals surface area contributed by atoms with E-state index < -0.39 is 6.09 Å². The highest BCUT2D eigenvalue weighted by molar-refractivity contribution is 5.79. The number of ether oxygens (including phenoxy) is 13. The Morgan fingerprint density at radius 3 is 1.18 bits per heavy atom. The van der Waals surface area contributed by atoms with Gasteiger partial charge in [0.05, 0.1) is 145 Å². The van der Waals surface area contributed by atoms with Crippen LogP contribution in [0.15, 0.2) is 48.5 Å². The molecule has 16 heteroatoms. The number of nitrogens with one attached hydrogen (secondary N) is 1. The molecule has 0 saturated heterocycles. The molecule has 62 heavy (non-hydrogen) atoms. The van der Waals surface area contributed by atoms with E-state index in [4.69, 9.17) is 61.6 Å². The first-order chi connectivity index (χ1) is 30.7. The number of carbonyl (C=O) groups excluding carboxylic acids is 2. The van der Waals surface area contributed by atoms with Crippen LogP contribution in [0, 0.1) is 0 Å². The molecule has 0 radical (unpaired) electrons. The summed E-state index contributed by atoms with van der Waals surface area (Å²) in [5.41, 5.74) is 4.76. The van der Waals surface area contributed by atoms with Crippen molar-refractivity contribution in [3.05, 3.63) is 59.7 Å². The molecule has 0 atom stereocenters. The summed E-state index contributed by atoms with van der Waals surface area (Å²) in [5, 5.41) is 2.74. The van der Waals surface area contributed by atoms with E-state index in [0.29, 0.717) is 158 Å². The van der Waals surface area contributed by atoms with E-state index in [2.05, 4.69) is 36.5 Å². The van der Waals surface area contributed by atoms with Gasteiger partial charge < -0.3 is 66.9 Å². The number of esters is 1. The molecule has 1 aliphatic carbocycles. The van der Waals surface area contributed by atoms with Gasteiger partial charge in [-0.2, -0.15) is 0 Å². The third-order valence-electron chi connectivity index (χ3n) is 9.30. The summed E-state index contributed by atoms with van der Waals surface area (Å²) in [6, 6.07) is 16.5. The molecule has 0 unspecified atom stereocenters. The second-order valence-corrected chi connectivity index (χ2v) is 14.0. The van der Waals surface area contributed by atoms with Crippen LogP contribution in [0.3, 0.4) is 0 Å². The first-order valence-electron chi connectivity index (χ1n) is 22.3. The van der Waals surface area contributed by atoms with Crippen LogP contribution in [0.4, 0.5) is 4.79 Å². The molecule has 1 amide bonds. The van der Waals surface area contributed by atoms with Crippen LogP contribution in [0.2, 0.25) is 0 Å². The lowest BCUT2D eigenvalue weighted by atomic mass is 9.98. The SMILES string of the molecule is CCCCCCC(=O)OCCOCCOCCOCCOCCOCCOCCOCCOCCOCCOCCOCCNC(=O)OCC1c2ccccc2-c2ccccc21. The molecule has 1 aliphatic rings. The van der Waals surface area contributed by atoms with E-state index in [1.807, 2.05) is 24.3 Å². The first-order valence-corrected chi connectivity index (χ1v) is 22.3. The van der Waals surface area contributed by atoms with Crippen LogP contribution in [-0.4, -0.2) is 177 Å². The minimum Gasteiger partial charge on any atom is -0.463 e. The van der Waals surface area contributed by atoms with Gasteiger partial charge in [0, 0.05) is 18.9 Å². The summed E-state index contributed by atoms with van der Waals surface area (Å²) in [6.45, 7) is 13.2. The molecule has 0 spiro atoms. The summed E-state index contributed by atoms with van der Waals surface area (Å²) in [4.78, 5) is 23.8. The maximum atomic E-state index is 12.3. The van der Waals surface area contributed by atoms with E-state index >= 15 is 0 Å². The number of unbranched alkanes of at least 4 members (excludes halogenated alkanes) is 3. The molecule has 0 aliphatic heterocycles. The van der Waals surface area contributed by atoms with E-state index in [1.165, 1.54) is 22.3 Å². The van der Waals surface area contributed by atoms with Crippen molar-refractivity contribution in [2.75, 3.05) is 165 Å². The van der Waals surface area contributed by atoms with Crippen molar-refractivity contribution < 1.29 is 71.2 Å². The highest BCUT2D eigenvalue weighted by Crippen LogP contribution is 2.44. The Kier molecular flexibility index (Phi) is 32.7. The predicted molar refractivity (Wildman–Crippen MR) is 232 cm³/mol. The smallest absolute Gasteiger partial charge is 0.407 e. The maximum Gasteiger partial charge on any atom is 0.407 e. The quantitative estimate of drug-likeness (QED) is 0.0680. The fourth-order valence-corrected chi connectivity index (χ4v) is 6.16. The zero-order chi connectivity index (χ0) is 43.8. The van der Waals surface area contributed by atoms with Crippen molar-refractivity contribution in [1.82, 2.24) is 5.32 Å². The number of benzene rings is 2. The van der Waals surface area contributed by atoms with Gasteiger partial charge in [0.1, 0.15) is 13.2 Å². The number of amides is 1. The zero-order valence-electron chi connectivity index (χ0n) is 37.0. The molecule has 352 valence electrons. The third-order valence-corrected chi connectivity index (χ3v) is 9.30. The number of fused-ring (bicyclic) bond motifs is 3. The fourth-order valence-electron chi connectivity index (χ4n) is 6.16. The predicted octanol–water partition coefficient (Wildman–Crippen LogP) is 5.22. The standard InChI is InChI=1S/C46H73NO15/c1-2-3-4-5-14-45(48)61-38-37-60-36-35-59-34-33-58-32-31-57-30-29-56-28-27-55-26-25-54-24-23-53-22-21-52-20-19-51-18-17-50-16-15-47-46(49)62-39-44-42-12-8-6-10-40(42)41-11-7-9-13-43(41)44/h6-13,44H,2-5,14-39H2,1H3,(H,47,49). The summed E-state index contributed by atoms with van der Waals surface area (Å²) in [6.07, 6.45) is 4.28. The van der Waals surface area contributed by atoms with Crippen LogP contribution < -0.4 is 5.32 Å². The second kappa shape index (κ2) is 38.2. The Hall–Kier alpha value is -3.26. The van der Waals surface area contributed by atoms with Crippen LogP contribution in [0.25, 0.3) is 11.1 Å². The Balaban J connectivity index is 0.918. The number of rotatable bonds is 43. The van der Waals surface area contributed by atoms with Gasteiger partial charge in [-0.15, -0.1) is 0 Å². The summed E-state index contributed by atoms with van der Waals surface area (Å²) in [7, 11) is 0. The lowest BCUT2D eigenvalue weighted by Gasteiger charge is -2.14. The highest BCUT2D eigenvalue weighted by atomic mass is 16.6. The van der Waals surface area contributed by atoms with Crippen molar-refractivity contribution in [3.8, 4) is 11.1 Å². The molecule has 16 nitrogen and oxygen atoms in total. The molecule has 0 bridgehead atoms. The summed E-state index contributed by atoms with van der Waals surface area (Å²) < 4.78 is 71.1. The van der Waals surface area contributed by atoms with Crippen molar-refractivity contribution in [2.45, 2.75) is 44.9 Å². The molecule has 0 fully saturated rings. The van der Waals surface area contributed by atoms with Crippen LogP contribution >= 0.6 is 0 Å². The van der Waals surface area contributed by atoms with Crippen LogP contribution in [0.5, 0.6) is 0 Å². The van der Waals surface area contributed by atoms with Gasteiger partial charge in [-0.05, 0) is 28.7 Å². The largest absolute Gasteiger partial charge is 0.463 e. The monoisotopic (exact) mass is 879 g/mol. The average Bonchev–Trinajstić information content (AvgIpc) is 3.61. The van der Waals surface area contributed by atoms with E-state index in [9.17, 15) is 9.59 Å². The molecule has 2 aromatic carbocycles. The van der Waals surface area contributed by atoms with Crippen molar-refractivity contribution in [2.24, 2.45) is 0 Å². The summed E-state index contributed by atoms with van der Waals surface area (Å²) in [5.74, 6) is -0.125. The Morgan fingerprint density at radius 2 is 0.790 bits per heavy atom. The van der Waals surface area contributed by atoms with Gasteiger partial charge in [-0.1, -0.05) is 74.7 Å². The maximum absolute atomic E-state index is 12.3. The molecule has 0 aromatic heterocycles. The number of hydrogen-bond acceptors (Lipinski definition) is 15. The van der Waals surface area contributed by atoms with Crippen molar-refractivity contribution >= 4 is 12.1 Å². The van der Waals surface area contributed by atoms with Crippen molar-refractivity contribution in [1.29, 1.82) is 0 Å². The Labute approximate surface area is 368 Å². The van der Waals surface area contributed by atoms with Gasteiger partial charge in [0.2, 0.25) is 0 Å². The van der Waals surface area contributed by atoms with Gasteiger partial charge >= 0.3 is 12.1 Å². The molecule has 0 saturated carbocycles. The van der Waals surface area contributed by atoms with Gasteiger partial charge in [-0.25, -0.2) is 4.79 Å². The lowest BCUT2D eigenvalue weighted by Crippen LogP contribution is -2.29. The lowest BCUT2D eigenvalue weighted by molar-refractivity contribution is -0.145. The second-order valence-electron chi connectivity index (χ2n) is 14.0. The van der Waals surface area contributed by atoms with E-state index in [-0.39, 0.29) is 25.1 Å². The van der Waals surface area contributed by atoms with Crippen LogP contribution in [-0.2, 0) is 66.4 Å². The Morgan fingerprint density at radius 1 is 0.435 bits per heavy atom. The van der Waals surface area contributed by atoms with Crippen LogP contribution in [0.1, 0.15) is 56.1 Å². The Bertz CT molecular complexity index is 1340. The van der Waals surface area contributed by atoms with E-state index in [0.717, 1.165) is 25.7 Å². The third kappa shape index (κ3) is 26.4. The molecule has 3 rings (SSSR count). The van der Waals surface area contributed by atoms with Gasteiger partial charge in [0.25, 0.3) is 0 Å². The minimum absolute atomic E-state index is 0.0325. The number of carbonyl (C=O) groups is 2. The zero-order valence-corrected chi connectivity index (χ0v) is 37.0.